The van der Waals surface area contributed by atoms with Crippen LogP contribution in [-0.4, -0.2) is 6.04 Å². The van der Waals surface area contributed by atoms with Gasteiger partial charge in [0.05, 0.1) is 0 Å². The van der Waals surface area contributed by atoms with Gasteiger partial charge in [-0.2, -0.15) is 0 Å². The Hall–Kier alpha value is -1.51. The summed E-state index contributed by atoms with van der Waals surface area (Å²) in [7, 11) is 0. The summed E-state index contributed by atoms with van der Waals surface area (Å²) in [6.07, 6.45) is 0.694. The lowest BCUT2D eigenvalue weighted by Crippen LogP contribution is -2.18. The Labute approximate surface area is 125 Å². The minimum absolute atomic E-state index is 0.0378. The van der Waals surface area contributed by atoms with E-state index in [1.807, 2.05) is 37.3 Å². The van der Waals surface area contributed by atoms with Crippen LogP contribution in [0.5, 0.6) is 11.5 Å². The Morgan fingerprint density at radius 3 is 2.45 bits per heavy atom. The van der Waals surface area contributed by atoms with Gasteiger partial charge in [0.15, 0.2) is 0 Å². The highest BCUT2D eigenvalue weighted by Crippen LogP contribution is 2.33. The van der Waals surface area contributed by atoms with Crippen LogP contribution >= 0.6 is 11.6 Å². The Bertz CT molecular complexity index is 608. The quantitative estimate of drug-likeness (QED) is 0.890. The number of aryl methyl sites for hydroxylation is 1. The third-order valence-corrected chi connectivity index (χ3v) is 3.73. The summed E-state index contributed by atoms with van der Waals surface area (Å²) < 4.78 is 6.06. The highest BCUT2D eigenvalue weighted by atomic mass is 35.5. The number of halogens is 1. The van der Waals surface area contributed by atoms with Gasteiger partial charge in [0.2, 0.25) is 0 Å². The maximum atomic E-state index is 6.28. The van der Waals surface area contributed by atoms with Crippen molar-refractivity contribution >= 4 is 11.6 Å². The highest BCUT2D eigenvalue weighted by Gasteiger charge is 2.12. The average Bonchev–Trinajstić information content (AvgIpc) is 2.38. The number of benzene rings is 2. The standard InChI is InChI=1S/C17H20ClNO/c1-11-6-4-8-16(13(11)3)20-17-9-5-7-15(18)14(17)10-12(2)19/h4-9,12H,10,19H2,1-3H3. The number of ether oxygens (including phenoxy) is 1. The molecule has 1 unspecified atom stereocenters. The van der Waals surface area contributed by atoms with Crippen molar-refractivity contribution in [2.75, 3.05) is 0 Å². The largest absolute Gasteiger partial charge is 0.457 e. The van der Waals surface area contributed by atoms with Gasteiger partial charge in [-0.25, -0.2) is 0 Å². The van der Waals surface area contributed by atoms with Gasteiger partial charge in [-0.05, 0) is 56.5 Å². The molecule has 2 aromatic rings. The van der Waals surface area contributed by atoms with Crippen LogP contribution in [0.3, 0.4) is 0 Å². The molecule has 2 rings (SSSR count). The molecule has 0 saturated carbocycles. The van der Waals surface area contributed by atoms with Crippen molar-refractivity contribution in [3.63, 3.8) is 0 Å². The van der Waals surface area contributed by atoms with Gasteiger partial charge < -0.3 is 10.5 Å². The molecule has 0 saturated heterocycles. The van der Waals surface area contributed by atoms with Crippen molar-refractivity contribution in [2.24, 2.45) is 5.73 Å². The van der Waals surface area contributed by atoms with E-state index < -0.39 is 0 Å². The lowest BCUT2D eigenvalue weighted by atomic mass is 10.1. The first kappa shape index (κ1) is 14.9. The number of hydrogen-bond donors (Lipinski definition) is 1. The van der Waals surface area contributed by atoms with Crippen LogP contribution in [0, 0.1) is 13.8 Å². The first-order chi connectivity index (χ1) is 9.49. The van der Waals surface area contributed by atoms with Gasteiger partial charge >= 0.3 is 0 Å². The molecular formula is C17H20ClNO. The maximum Gasteiger partial charge on any atom is 0.132 e. The van der Waals surface area contributed by atoms with Crippen LogP contribution in [0.4, 0.5) is 0 Å². The summed E-state index contributed by atoms with van der Waals surface area (Å²) in [5, 5.41) is 0.699. The van der Waals surface area contributed by atoms with E-state index in [2.05, 4.69) is 19.9 Å². The molecule has 0 amide bonds. The van der Waals surface area contributed by atoms with Gasteiger partial charge in [0.25, 0.3) is 0 Å². The molecule has 106 valence electrons. The first-order valence-corrected chi connectivity index (χ1v) is 7.14. The molecule has 0 aliphatic heterocycles. The predicted octanol–water partition coefficient (Wildman–Crippen LogP) is 4.64. The summed E-state index contributed by atoms with van der Waals surface area (Å²) in [5.74, 6) is 1.64. The normalized spacial score (nSPS) is 12.2. The third kappa shape index (κ3) is 3.33. The summed E-state index contributed by atoms with van der Waals surface area (Å²) in [6.45, 7) is 6.09. The molecule has 0 fully saturated rings. The Morgan fingerprint density at radius 1 is 1.10 bits per heavy atom. The molecule has 2 nitrogen and oxygen atoms in total. The molecule has 20 heavy (non-hydrogen) atoms. The molecule has 0 bridgehead atoms. The van der Waals surface area contributed by atoms with E-state index in [9.17, 15) is 0 Å². The van der Waals surface area contributed by atoms with E-state index in [4.69, 9.17) is 22.1 Å². The van der Waals surface area contributed by atoms with Crippen LogP contribution in [0.1, 0.15) is 23.6 Å². The molecular weight excluding hydrogens is 270 g/mol. The molecule has 0 aliphatic carbocycles. The van der Waals surface area contributed by atoms with Crippen LogP contribution < -0.4 is 10.5 Å². The Morgan fingerprint density at radius 2 is 1.75 bits per heavy atom. The van der Waals surface area contributed by atoms with E-state index >= 15 is 0 Å². The van der Waals surface area contributed by atoms with E-state index in [0.29, 0.717) is 11.4 Å². The van der Waals surface area contributed by atoms with E-state index in [0.717, 1.165) is 22.6 Å². The number of hydrogen-bond acceptors (Lipinski definition) is 2. The molecule has 2 aromatic carbocycles. The Balaban J connectivity index is 2.38. The summed E-state index contributed by atoms with van der Waals surface area (Å²) in [4.78, 5) is 0. The van der Waals surface area contributed by atoms with Gasteiger partial charge in [-0.1, -0.05) is 29.8 Å². The number of nitrogens with two attached hydrogens (primary N) is 1. The van der Waals surface area contributed by atoms with Crippen LogP contribution in [0.2, 0.25) is 5.02 Å². The smallest absolute Gasteiger partial charge is 0.132 e. The SMILES string of the molecule is Cc1cccc(Oc2cccc(Cl)c2CC(C)N)c1C. The molecule has 3 heteroatoms. The van der Waals surface area contributed by atoms with Crippen molar-refractivity contribution in [3.05, 3.63) is 58.1 Å². The average molecular weight is 290 g/mol. The highest BCUT2D eigenvalue weighted by molar-refractivity contribution is 6.31. The minimum Gasteiger partial charge on any atom is -0.457 e. The Kier molecular flexibility index (Phi) is 4.69. The van der Waals surface area contributed by atoms with Gasteiger partial charge in [0, 0.05) is 16.6 Å². The third-order valence-electron chi connectivity index (χ3n) is 3.38. The lowest BCUT2D eigenvalue weighted by Gasteiger charge is -2.16. The van der Waals surface area contributed by atoms with Crippen LogP contribution in [0.25, 0.3) is 0 Å². The molecule has 0 aliphatic rings. The fourth-order valence-electron chi connectivity index (χ4n) is 2.11. The van der Waals surface area contributed by atoms with E-state index in [1.165, 1.54) is 5.56 Å². The van der Waals surface area contributed by atoms with Crippen LogP contribution in [-0.2, 0) is 6.42 Å². The topological polar surface area (TPSA) is 35.2 Å². The monoisotopic (exact) mass is 289 g/mol. The second kappa shape index (κ2) is 6.29. The zero-order valence-electron chi connectivity index (χ0n) is 12.1. The molecule has 2 N–H and O–H groups in total. The van der Waals surface area contributed by atoms with Crippen molar-refractivity contribution in [1.29, 1.82) is 0 Å². The molecule has 0 radical (unpaired) electrons. The molecule has 0 aromatic heterocycles. The molecule has 1 atom stereocenters. The molecule has 0 spiro atoms. The predicted molar refractivity (Wildman–Crippen MR) is 84.8 cm³/mol. The number of rotatable bonds is 4. The summed E-state index contributed by atoms with van der Waals surface area (Å²) in [6, 6.07) is 11.8. The van der Waals surface area contributed by atoms with Gasteiger partial charge in [0.1, 0.15) is 11.5 Å². The van der Waals surface area contributed by atoms with E-state index in [1.54, 1.807) is 0 Å². The van der Waals surface area contributed by atoms with Crippen molar-refractivity contribution < 1.29 is 4.74 Å². The zero-order valence-corrected chi connectivity index (χ0v) is 12.9. The minimum atomic E-state index is 0.0378. The fraction of sp³-hybridized carbons (Fsp3) is 0.294. The van der Waals surface area contributed by atoms with Crippen LogP contribution in [0.15, 0.2) is 36.4 Å². The first-order valence-electron chi connectivity index (χ1n) is 6.76. The second-order valence-corrected chi connectivity index (χ2v) is 5.61. The van der Waals surface area contributed by atoms with Crippen molar-refractivity contribution in [2.45, 2.75) is 33.2 Å². The summed E-state index contributed by atoms with van der Waals surface area (Å²) >= 11 is 6.28. The fourth-order valence-corrected chi connectivity index (χ4v) is 2.35. The van der Waals surface area contributed by atoms with Crippen molar-refractivity contribution in [1.82, 2.24) is 0 Å². The van der Waals surface area contributed by atoms with Gasteiger partial charge in [-0.3, -0.25) is 0 Å². The maximum absolute atomic E-state index is 6.28. The second-order valence-electron chi connectivity index (χ2n) is 5.20. The lowest BCUT2D eigenvalue weighted by molar-refractivity contribution is 0.470. The molecule has 0 heterocycles. The zero-order chi connectivity index (χ0) is 14.7. The summed E-state index contributed by atoms with van der Waals surface area (Å²) in [5.41, 5.74) is 9.20. The van der Waals surface area contributed by atoms with Gasteiger partial charge in [-0.15, -0.1) is 0 Å². The van der Waals surface area contributed by atoms with Crippen molar-refractivity contribution in [3.8, 4) is 11.5 Å². The van der Waals surface area contributed by atoms with E-state index in [-0.39, 0.29) is 6.04 Å².